The number of rotatable bonds is 7. The molecular formula is C15H22BrNO2. The largest absolute Gasteiger partial charge is 0.488 e. The highest BCUT2D eigenvalue weighted by Gasteiger charge is 2.43. The van der Waals surface area contributed by atoms with E-state index in [2.05, 4.69) is 28.2 Å². The van der Waals surface area contributed by atoms with Crippen molar-refractivity contribution in [2.45, 2.75) is 44.9 Å². The molecule has 0 aliphatic heterocycles. The van der Waals surface area contributed by atoms with Crippen molar-refractivity contribution in [1.29, 1.82) is 0 Å². The van der Waals surface area contributed by atoms with E-state index in [-0.39, 0.29) is 12.2 Å². The minimum Gasteiger partial charge on any atom is -0.488 e. The number of nitrogens with one attached hydrogen (secondary N) is 1. The SMILES string of the molecule is CCCNC1CC(Oc2cccc(Br)c2)C1OCC. The topological polar surface area (TPSA) is 30.5 Å². The van der Waals surface area contributed by atoms with Crippen LogP contribution in [0, 0.1) is 0 Å². The van der Waals surface area contributed by atoms with Crippen molar-refractivity contribution in [1.82, 2.24) is 5.32 Å². The third-order valence-electron chi connectivity index (χ3n) is 3.35. The van der Waals surface area contributed by atoms with Crippen molar-refractivity contribution >= 4 is 15.9 Å². The van der Waals surface area contributed by atoms with Crippen molar-refractivity contribution in [2.75, 3.05) is 13.2 Å². The molecule has 1 aliphatic rings. The average molecular weight is 328 g/mol. The Hall–Kier alpha value is -0.580. The summed E-state index contributed by atoms with van der Waals surface area (Å²) in [6.07, 6.45) is 2.48. The summed E-state index contributed by atoms with van der Waals surface area (Å²) in [5.74, 6) is 0.901. The molecule has 2 rings (SSSR count). The first-order valence-corrected chi connectivity index (χ1v) is 7.81. The summed E-state index contributed by atoms with van der Waals surface area (Å²) in [6, 6.07) is 8.40. The first-order chi connectivity index (χ1) is 9.24. The fraction of sp³-hybridized carbons (Fsp3) is 0.600. The molecule has 0 spiro atoms. The quantitative estimate of drug-likeness (QED) is 0.832. The third-order valence-corrected chi connectivity index (χ3v) is 3.84. The van der Waals surface area contributed by atoms with Crippen LogP contribution in [-0.4, -0.2) is 31.4 Å². The van der Waals surface area contributed by atoms with Crippen LogP contribution in [0.25, 0.3) is 0 Å². The van der Waals surface area contributed by atoms with Crippen molar-refractivity contribution < 1.29 is 9.47 Å². The highest BCUT2D eigenvalue weighted by molar-refractivity contribution is 9.10. The second kappa shape index (κ2) is 7.27. The summed E-state index contributed by atoms with van der Waals surface area (Å²) in [5.41, 5.74) is 0. The maximum absolute atomic E-state index is 6.01. The van der Waals surface area contributed by atoms with E-state index in [9.17, 15) is 0 Å². The van der Waals surface area contributed by atoms with Gasteiger partial charge in [0.1, 0.15) is 18.0 Å². The molecule has 106 valence electrons. The normalized spacial score (nSPS) is 25.9. The zero-order chi connectivity index (χ0) is 13.7. The average Bonchev–Trinajstić information content (AvgIpc) is 2.39. The van der Waals surface area contributed by atoms with Crippen LogP contribution in [0.2, 0.25) is 0 Å². The number of hydrogen-bond acceptors (Lipinski definition) is 3. The van der Waals surface area contributed by atoms with Crippen molar-refractivity contribution in [3.63, 3.8) is 0 Å². The molecule has 3 atom stereocenters. The molecular weight excluding hydrogens is 306 g/mol. The van der Waals surface area contributed by atoms with Crippen LogP contribution in [0.3, 0.4) is 0 Å². The van der Waals surface area contributed by atoms with Gasteiger partial charge in [0, 0.05) is 23.5 Å². The molecule has 0 aromatic heterocycles. The van der Waals surface area contributed by atoms with Gasteiger partial charge >= 0.3 is 0 Å². The van der Waals surface area contributed by atoms with E-state index in [0.717, 1.165) is 36.2 Å². The number of halogens is 1. The number of ether oxygens (including phenoxy) is 2. The van der Waals surface area contributed by atoms with Crippen LogP contribution in [0.1, 0.15) is 26.7 Å². The van der Waals surface area contributed by atoms with Gasteiger partial charge in [-0.1, -0.05) is 28.9 Å². The minimum absolute atomic E-state index is 0.156. The summed E-state index contributed by atoms with van der Waals surface area (Å²) < 4.78 is 12.9. The molecule has 3 nitrogen and oxygen atoms in total. The van der Waals surface area contributed by atoms with Crippen LogP contribution < -0.4 is 10.1 Å². The molecule has 1 aromatic rings. The summed E-state index contributed by atoms with van der Waals surface area (Å²) in [6.45, 7) is 5.98. The molecule has 3 unspecified atom stereocenters. The second-order valence-electron chi connectivity index (χ2n) is 4.83. The summed E-state index contributed by atoms with van der Waals surface area (Å²) in [4.78, 5) is 0. The lowest BCUT2D eigenvalue weighted by Crippen LogP contribution is -2.61. The predicted molar refractivity (Wildman–Crippen MR) is 80.7 cm³/mol. The number of hydrogen-bond donors (Lipinski definition) is 1. The Morgan fingerprint density at radius 2 is 2.21 bits per heavy atom. The summed E-state index contributed by atoms with van der Waals surface area (Å²) in [5, 5.41) is 3.52. The highest BCUT2D eigenvalue weighted by Crippen LogP contribution is 2.30. The molecule has 1 fully saturated rings. The van der Waals surface area contributed by atoms with E-state index in [1.165, 1.54) is 0 Å². The Kier molecular flexibility index (Phi) is 5.67. The molecule has 1 N–H and O–H groups in total. The first kappa shape index (κ1) is 14.8. The molecule has 0 saturated heterocycles. The molecule has 4 heteroatoms. The Morgan fingerprint density at radius 1 is 1.37 bits per heavy atom. The second-order valence-corrected chi connectivity index (χ2v) is 5.75. The van der Waals surface area contributed by atoms with Gasteiger partial charge in [0.2, 0.25) is 0 Å². The van der Waals surface area contributed by atoms with Crippen molar-refractivity contribution in [2.24, 2.45) is 0 Å². The van der Waals surface area contributed by atoms with E-state index >= 15 is 0 Å². The Bertz CT molecular complexity index is 399. The van der Waals surface area contributed by atoms with Crippen molar-refractivity contribution in [3.8, 4) is 5.75 Å². The zero-order valence-electron chi connectivity index (χ0n) is 11.6. The van der Waals surface area contributed by atoms with E-state index in [0.29, 0.717) is 6.04 Å². The fourth-order valence-corrected chi connectivity index (χ4v) is 2.74. The molecule has 0 amide bonds. The lowest BCUT2D eigenvalue weighted by atomic mass is 9.85. The van der Waals surface area contributed by atoms with Gasteiger partial charge in [0.15, 0.2) is 0 Å². The van der Waals surface area contributed by atoms with Gasteiger partial charge in [0.25, 0.3) is 0 Å². The Balaban J connectivity index is 1.90. The standard InChI is InChI=1S/C15H22BrNO2/c1-3-8-17-13-10-14(15(13)18-4-2)19-12-7-5-6-11(16)9-12/h5-7,9,13-15,17H,3-4,8,10H2,1-2H3. The van der Waals surface area contributed by atoms with Gasteiger partial charge in [0.05, 0.1) is 0 Å². The van der Waals surface area contributed by atoms with E-state index in [4.69, 9.17) is 9.47 Å². The first-order valence-electron chi connectivity index (χ1n) is 7.01. The maximum atomic E-state index is 6.01. The molecule has 0 bridgehead atoms. The highest BCUT2D eigenvalue weighted by atomic mass is 79.9. The smallest absolute Gasteiger partial charge is 0.128 e. The van der Waals surface area contributed by atoms with Crippen LogP contribution in [0.4, 0.5) is 0 Å². The van der Waals surface area contributed by atoms with E-state index in [1.807, 2.05) is 31.2 Å². The van der Waals surface area contributed by atoms with E-state index < -0.39 is 0 Å². The molecule has 19 heavy (non-hydrogen) atoms. The lowest BCUT2D eigenvalue weighted by molar-refractivity contribution is -0.104. The third kappa shape index (κ3) is 3.94. The molecule has 1 aliphatic carbocycles. The Morgan fingerprint density at radius 3 is 2.89 bits per heavy atom. The molecule has 1 saturated carbocycles. The van der Waals surface area contributed by atoms with Crippen LogP contribution in [0.5, 0.6) is 5.75 Å². The number of benzene rings is 1. The van der Waals surface area contributed by atoms with Gasteiger partial charge in [-0.15, -0.1) is 0 Å². The van der Waals surface area contributed by atoms with Crippen LogP contribution >= 0.6 is 15.9 Å². The maximum Gasteiger partial charge on any atom is 0.128 e. The van der Waals surface area contributed by atoms with Gasteiger partial charge in [-0.05, 0) is 38.1 Å². The summed E-state index contributed by atoms with van der Waals surface area (Å²) >= 11 is 3.46. The monoisotopic (exact) mass is 327 g/mol. The van der Waals surface area contributed by atoms with E-state index in [1.54, 1.807) is 0 Å². The molecule has 1 aromatic carbocycles. The van der Waals surface area contributed by atoms with Crippen LogP contribution in [-0.2, 0) is 4.74 Å². The van der Waals surface area contributed by atoms with Crippen LogP contribution in [0.15, 0.2) is 28.7 Å². The van der Waals surface area contributed by atoms with Gasteiger partial charge in [-0.25, -0.2) is 0 Å². The van der Waals surface area contributed by atoms with Gasteiger partial charge < -0.3 is 14.8 Å². The predicted octanol–water partition coefficient (Wildman–Crippen LogP) is 3.37. The fourth-order valence-electron chi connectivity index (χ4n) is 2.36. The minimum atomic E-state index is 0.156. The molecule has 0 radical (unpaired) electrons. The lowest BCUT2D eigenvalue weighted by Gasteiger charge is -2.44. The zero-order valence-corrected chi connectivity index (χ0v) is 13.2. The van der Waals surface area contributed by atoms with Gasteiger partial charge in [-0.3, -0.25) is 0 Å². The summed E-state index contributed by atoms with van der Waals surface area (Å²) in [7, 11) is 0. The van der Waals surface area contributed by atoms with Crippen molar-refractivity contribution in [3.05, 3.63) is 28.7 Å². The Labute approximate surface area is 123 Å². The molecule has 0 heterocycles. The van der Waals surface area contributed by atoms with Gasteiger partial charge in [-0.2, -0.15) is 0 Å².